The van der Waals surface area contributed by atoms with Crippen LogP contribution in [0.5, 0.6) is 11.5 Å². The molecule has 32 heavy (non-hydrogen) atoms. The Morgan fingerprint density at radius 1 is 0.938 bits per heavy atom. The number of likely N-dealkylation sites (tertiary alicyclic amines) is 1. The Kier molecular flexibility index (Phi) is 5.88. The van der Waals surface area contributed by atoms with Gasteiger partial charge in [-0.15, -0.1) is 0 Å². The summed E-state index contributed by atoms with van der Waals surface area (Å²) in [6.07, 6.45) is 4.14. The maximum Gasteiger partial charge on any atom is 0.166 e. The van der Waals surface area contributed by atoms with E-state index in [0.29, 0.717) is 17.4 Å². The second-order valence-corrected chi connectivity index (χ2v) is 9.22. The van der Waals surface area contributed by atoms with Crippen LogP contribution in [0.4, 0.5) is 0 Å². The highest BCUT2D eigenvalue weighted by Crippen LogP contribution is 2.39. The molecule has 1 saturated heterocycles. The molecule has 0 bridgehead atoms. The molecule has 0 radical (unpaired) electrons. The fraction of sp³-hybridized carbons (Fsp3) is 0.393. The van der Waals surface area contributed by atoms with E-state index in [4.69, 9.17) is 9.47 Å². The number of ether oxygens (including phenoxy) is 2. The molecule has 2 aliphatic rings. The molecule has 1 fully saturated rings. The lowest BCUT2D eigenvalue weighted by atomic mass is 9.85. The lowest BCUT2D eigenvalue weighted by Gasteiger charge is -2.33. The summed E-state index contributed by atoms with van der Waals surface area (Å²) in [7, 11) is 3.26. The minimum atomic E-state index is 0.0939. The standard InChI is InChI=1S/C28H31NO3/c1-31-26-16-22-15-23(28(30)25(22)17-27(26)32-2)14-19-10-12-29(13-11-19)18-21-8-5-7-20-6-3-4-9-24(20)21/h3-9,16-17,19,23H,10-15,18H2,1-2H3. The molecule has 0 amide bonds. The third kappa shape index (κ3) is 4.00. The van der Waals surface area contributed by atoms with Crippen molar-refractivity contribution in [2.45, 2.75) is 32.2 Å². The lowest BCUT2D eigenvalue weighted by molar-refractivity contribution is 0.0895. The van der Waals surface area contributed by atoms with Gasteiger partial charge in [-0.25, -0.2) is 0 Å². The summed E-state index contributed by atoms with van der Waals surface area (Å²) in [4.78, 5) is 15.6. The van der Waals surface area contributed by atoms with Gasteiger partial charge in [0.1, 0.15) is 0 Å². The maximum absolute atomic E-state index is 13.1. The highest BCUT2D eigenvalue weighted by atomic mass is 16.5. The van der Waals surface area contributed by atoms with E-state index >= 15 is 0 Å². The third-order valence-electron chi connectivity index (χ3n) is 7.31. The Labute approximate surface area is 190 Å². The highest BCUT2D eigenvalue weighted by molar-refractivity contribution is 6.02. The molecule has 0 saturated carbocycles. The number of rotatable bonds is 6. The summed E-state index contributed by atoms with van der Waals surface area (Å²) < 4.78 is 10.8. The Bertz CT molecular complexity index is 1130. The van der Waals surface area contributed by atoms with Crippen molar-refractivity contribution in [2.24, 2.45) is 11.8 Å². The van der Waals surface area contributed by atoms with Gasteiger partial charge in [0.05, 0.1) is 14.2 Å². The second kappa shape index (κ2) is 8.95. The molecule has 3 aromatic carbocycles. The van der Waals surface area contributed by atoms with Gasteiger partial charge in [-0.05, 0) is 78.7 Å². The Morgan fingerprint density at radius 2 is 1.66 bits per heavy atom. The molecule has 1 heterocycles. The molecule has 1 atom stereocenters. The van der Waals surface area contributed by atoms with Crippen LogP contribution in [0.2, 0.25) is 0 Å². The van der Waals surface area contributed by atoms with Gasteiger partial charge in [0.25, 0.3) is 0 Å². The first kappa shape index (κ1) is 21.0. The first-order chi connectivity index (χ1) is 15.7. The summed E-state index contributed by atoms with van der Waals surface area (Å²) in [5.74, 6) is 2.34. The Hall–Kier alpha value is -2.85. The van der Waals surface area contributed by atoms with Gasteiger partial charge < -0.3 is 9.47 Å². The average Bonchev–Trinajstić information content (AvgIpc) is 3.13. The van der Waals surface area contributed by atoms with Gasteiger partial charge in [-0.3, -0.25) is 9.69 Å². The maximum atomic E-state index is 13.1. The van der Waals surface area contributed by atoms with Crippen LogP contribution >= 0.6 is 0 Å². The van der Waals surface area contributed by atoms with Gasteiger partial charge in [0.15, 0.2) is 17.3 Å². The molecule has 0 aromatic heterocycles. The SMILES string of the molecule is COc1cc2c(cc1OC)C(=O)C(CC1CCN(Cc3cccc4ccccc34)CC1)C2. The number of hydrogen-bond donors (Lipinski definition) is 0. The van der Waals surface area contributed by atoms with Crippen LogP contribution in [0.15, 0.2) is 54.6 Å². The van der Waals surface area contributed by atoms with E-state index in [-0.39, 0.29) is 11.7 Å². The number of methoxy groups -OCH3 is 2. The van der Waals surface area contributed by atoms with Crippen molar-refractivity contribution >= 4 is 16.6 Å². The van der Waals surface area contributed by atoms with Crippen molar-refractivity contribution in [1.82, 2.24) is 4.90 Å². The number of ketones is 1. The predicted molar refractivity (Wildman–Crippen MR) is 128 cm³/mol. The molecule has 1 aliphatic carbocycles. The number of fused-ring (bicyclic) bond motifs is 2. The number of carbonyl (C=O) groups is 1. The van der Waals surface area contributed by atoms with Crippen LogP contribution in [-0.4, -0.2) is 38.0 Å². The van der Waals surface area contributed by atoms with Crippen molar-refractivity contribution in [3.05, 3.63) is 71.3 Å². The molecule has 166 valence electrons. The molecule has 4 nitrogen and oxygen atoms in total. The topological polar surface area (TPSA) is 38.8 Å². The average molecular weight is 430 g/mol. The number of carbonyl (C=O) groups excluding carboxylic acids is 1. The smallest absolute Gasteiger partial charge is 0.166 e. The van der Waals surface area contributed by atoms with Crippen molar-refractivity contribution < 1.29 is 14.3 Å². The largest absolute Gasteiger partial charge is 0.493 e. The molecule has 5 rings (SSSR count). The van der Waals surface area contributed by atoms with Gasteiger partial charge >= 0.3 is 0 Å². The van der Waals surface area contributed by atoms with E-state index < -0.39 is 0 Å². The van der Waals surface area contributed by atoms with Crippen molar-refractivity contribution in [3.63, 3.8) is 0 Å². The fourth-order valence-corrected chi connectivity index (χ4v) is 5.54. The quantitative estimate of drug-likeness (QED) is 0.518. The van der Waals surface area contributed by atoms with E-state index in [1.54, 1.807) is 14.2 Å². The zero-order valence-corrected chi connectivity index (χ0v) is 19.0. The summed E-state index contributed by atoms with van der Waals surface area (Å²) in [5.41, 5.74) is 3.33. The molecule has 1 unspecified atom stereocenters. The Balaban J connectivity index is 1.19. The van der Waals surface area contributed by atoms with Gasteiger partial charge in [0.2, 0.25) is 0 Å². The number of piperidine rings is 1. The number of hydrogen-bond acceptors (Lipinski definition) is 4. The van der Waals surface area contributed by atoms with Crippen LogP contribution in [0.3, 0.4) is 0 Å². The van der Waals surface area contributed by atoms with E-state index in [2.05, 4.69) is 47.4 Å². The minimum Gasteiger partial charge on any atom is -0.493 e. The fourth-order valence-electron chi connectivity index (χ4n) is 5.54. The van der Waals surface area contributed by atoms with Crippen molar-refractivity contribution in [1.29, 1.82) is 0 Å². The number of Topliss-reactive ketones (excluding diaryl/α,β-unsaturated/α-hetero) is 1. The summed E-state index contributed by atoms with van der Waals surface area (Å²) >= 11 is 0. The third-order valence-corrected chi connectivity index (χ3v) is 7.31. The van der Waals surface area contributed by atoms with E-state index in [9.17, 15) is 4.79 Å². The van der Waals surface area contributed by atoms with Gasteiger partial charge in [-0.1, -0.05) is 42.5 Å². The van der Waals surface area contributed by atoms with Gasteiger partial charge in [0, 0.05) is 18.0 Å². The molecule has 1 aliphatic heterocycles. The summed E-state index contributed by atoms with van der Waals surface area (Å²) in [6.45, 7) is 3.20. The zero-order chi connectivity index (χ0) is 22.1. The Morgan fingerprint density at radius 3 is 2.44 bits per heavy atom. The molecule has 0 N–H and O–H groups in total. The first-order valence-corrected chi connectivity index (χ1v) is 11.6. The minimum absolute atomic E-state index is 0.0939. The lowest BCUT2D eigenvalue weighted by Crippen LogP contribution is -2.34. The van der Waals surface area contributed by atoms with Crippen LogP contribution in [0.1, 0.15) is 40.7 Å². The van der Waals surface area contributed by atoms with Crippen LogP contribution in [-0.2, 0) is 13.0 Å². The van der Waals surface area contributed by atoms with Gasteiger partial charge in [-0.2, -0.15) is 0 Å². The van der Waals surface area contributed by atoms with E-state index in [1.165, 1.54) is 16.3 Å². The molecular formula is C28H31NO3. The molecule has 3 aromatic rings. The van der Waals surface area contributed by atoms with Crippen molar-refractivity contribution in [3.8, 4) is 11.5 Å². The summed E-state index contributed by atoms with van der Waals surface area (Å²) in [6, 6.07) is 19.1. The molecule has 4 heteroatoms. The number of benzene rings is 3. The predicted octanol–water partition coefficient (Wildman–Crippen LogP) is 5.51. The zero-order valence-electron chi connectivity index (χ0n) is 19.0. The van der Waals surface area contributed by atoms with E-state index in [1.807, 2.05) is 12.1 Å². The highest BCUT2D eigenvalue weighted by Gasteiger charge is 2.34. The van der Waals surface area contributed by atoms with Crippen LogP contribution < -0.4 is 9.47 Å². The monoisotopic (exact) mass is 429 g/mol. The van der Waals surface area contributed by atoms with E-state index in [0.717, 1.165) is 56.4 Å². The van der Waals surface area contributed by atoms with Crippen molar-refractivity contribution in [2.75, 3.05) is 27.3 Å². The molecule has 0 spiro atoms. The number of nitrogens with zero attached hydrogens (tertiary/aromatic N) is 1. The van der Waals surface area contributed by atoms with Crippen LogP contribution in [0.25, 0.3) is 10.8 Å². The first-order valence-electron chi connectivity index (χ1n) is 11.6. The van der Waals surface area contributed by atoms with Crippen LogP contribution in [0, 0.1) is 11.8 Å². The second-order valence-electron chi connectivity index (χ2n) is 9.22. The normalized spacial score (nSPS) is 19.3. The summed E-state index contributed by atoms with van der Waals surface area (Å²) in [5, 5.41) is 2.67. The molecular weight excluding hydrogens is 398 g/mol.